The lowest BCUT2D eigenvalue weighted by molar-refractivity contribution is 0.0689. The third-order valence-corrected chi connectivity index (χ3v) is 5.31. The Labute approximate surface area is 163 Å². The molecule has 0 aliphatic carbocycles. The van der Waals surface area contributed by atoms with E-state index in [4.69, 9.17) is 0 Å². The van der Waals surface area contributed by atoms with Crippen LogP contribution in [0, 0.1) is 5.92 Å². The Morgan fingerprint density at radius 1 is 1.30 bits per heavy atom. The van der Waals surface area contributed by atoms with E-state index in [-0.39, 0.29) is 23.9 Å². The van der Waals surface area contributed by atoms with Gasteiger partial charge in [-0.1, -0.05) is 12.1 Å². The summed E-state index contributed by atoms with van der Waals surface area (Å²) in [5.74, 6) is 0.608. The minimum atomic E-state index is -0.201. The van der Waals surface area contributed by atoms with Crippen LogP contribution in [0.5, 0.6) is 0 Å². The molecule has 1 aliphatic heterocycles. The van der Waals surface area contributed by atoms with E-state index in [1.54, 1.807) is 16.8 Å². The molecule has 1 fully saturated rings. The minimum absolute atomic E-state index is 0. The van der Waals surface area contributed by atoms with Gasteiger partial charge >= 0.3 is 0 Å². The van der Waals surface area contributed by atoms with Gasteiger partial charge in [-0.2, -0.15) is 5.10 Å². The van der Waals surface area contributed by atoms with Crippen molar-refractivity contribution in [3.63, 3.8) is 0 Å². The Balaban J connectivity index is 0.00000210. The average molecular weight is 390 g/mol. The normalized spacial score (nSPS) is 15.2. The summed E-state index contributed by atoms with van der Waals surface area (Å²) in [5, 5.41) is 8.10. The number of piperidine rings is 1. The number of fused-ring (bicyclic) bond motifs is 3. The predicted octanol–water partition coefficient (Wildman–Crippen LogP) is 2.06. The maximum absolute atomic E-state index is 13.0. The summed E-state index contributed by atoms with van der Waals surface area (Å²) in [4.78, 5) is 30.0. The van der Waals surface area contributed by atoms with Gasteiger partial charge in [0.2, 0.25) is 0 Å². The number of halogens is 1. The number of amides is 1. The number of aromatic nitrogens is 3. The molecule has 0 unspecified atom stereocenters. The van der Waals surface area contributed by atoms with Crippen molar-refractivity contribution in [2.45, 2.75) is 19.3 Å². The monoisotopic (exact) mass is 389 g/mol. The number of hydrogen-bond donors (Lipinski definition) is 2. The molecular formula is C19H24ClN5O2. The average Bonchev–Trinajstić information content (AvgIpc) is 3.10. The summed E-state index contributed by atoms with van der Waals surface area (Å²) in [6.07, 6.45) is 4.75. The molecule has 1 amide bonds. The van der Waals surface area contributed by atoms with Crippen molar-refractivity contribution in [1.29, 1.82) is 0 Å². The second-order valence-electron chi connectivity index (χ2n) is 6.92. The van der Waals surface area contributed by atoms with Crippen LogP contribution in [0.1, 0.15) is 29.6 Å². The smallest absolute Gasteiger partial charge is 0.259 e. The fraction of sp³-hybridized carbons (Fsp3) is 0.421. The number of para-hydroxylation sites is 1. The second kappa shape index (κ2) is 8.10. The van der Waals surface area contributed by atoms with E-state index < -0.39 is 0 Å². The van der Waals surface area contributed by atoms with Crippen LogP contribution in [0.15, 0.2) is 35.3 Å². The van der Waals surface area contributed by atoms with Crippen LogP contribution in [0.4, 0.5) is 0 Å². The molecule has 1 aliphatic rings. The van der Waals surface area contributed by atoms with Crippen LogP contribution in [0.2, 0.25) is 0 Å². The number of carbonyl (C=O) groups excluding carboxylic acids is 1. The first-order valence-electron chi connectivity index (χ1n) is 9.11. The summed E-state index contributed by atoms with van der Waals surface area (Å²) < 4.78 is 1.64. The molecule has 1 saturated heterocycles. The number of hydrogen-bond acceptors (Lipinski definition) is 4. The van der Waals surface area contributed by atoms with Gasteiger partial charge in [0.15, 0.2) is 0 Å². The summed E-state index contributed by atoms with van der Waals surface area (Å²) in [5.41, 5.74) is 1.43. The van der Waals surface area contributed by atoms with Gasteiger partial charge in [-0.05, 0) is 50.9 Å². The lowest BCUT2D eigenvalue weighted by atomic mass is 9.93. The van der Waals surface area contributed by atoms with Gasteiger partial charge in [-0.25, -0.2) is 4.52 Å². The second-order valence-corrected chi connectivity index (χ2v) is 6.92. The van der Waals surface area contributed by atoms with Crippen LogP contribution < -0.4 is 10.9 Å². The van der Waals surface area contributed by atoms with Gasteiger partial charge in [-0.3, -0.25) is 9.59 Å². The number of likely N-dealkylation sites (tertiary alicyclic amines) is 1. The summed E-state index contributed by atoms with van der Waals surface area (Å²) in [6.45, 7) is 2.52. The molecule has 7 nitrogen and oxygen atoms in total. The highest BCUT2D eigenvalue weighted by molar-refractivity contribution is 6.00. The van der Waals surface area contributed by atoms with E-state index >= 15 is 0 Å². The molecule has 0 radical (unpaired) electrons. The largest absolute Gasteiger partial charge is 0.338 e. The molecular weight excluding hydrogens is 366 g/mol. The van der Waals surface area contributed by atoms with Crippen molar-refractivity contribution in [1.82, 2.24) is 24.8 Å². The number of benzene rings is 1. The standard InChI is InChI=1S/C19H23N5O2.ClH/c1-20-9-6-13-7-10-23(11-8-13)19(26)15-12-21-24-16-5-3-2-4-14(16)18(25)22-17(15)24;/h2-5,12-13,20H,6-11H2,1H3,(H,22,25);1H. The Morgan fingerprint density at radius 3 is 2.78 bits per heavy atom. The highest BCUT2D eigenvalue weighted by Crippen LogP contribution is 2.23. The number of H-pyrrole nitrogens is 1. The highest BCUT2D eigenvalue weighted by Gasteiger charge is 2.26. The molecule has 8 heteroatoms. The molecule has 2 N–H and O–H groups in total. The summed E-state index contributed by atoms with van der Waals surface area (Å²) in [6, 6.07) is 7.27. The lowest BCUT2D eigenvalue weighted by Crippen LogP contribution is -2.39. The number of nitrogens with one attached hydrogen (secondary N) is 2. The van der Waals surface area contributed by atoms with Crippen molar-refractivity contribution in [2.75, 3.05) is 26.7 Å². The zero-order chi connectivity index (χ0) is 18.1. The van der Waals surface area contributed by atoms with Crippen molar-refractivity contribution in [3.05, 3.63) is 46.4 Å². The maximum atomic E-state index is 13.0. The molecule has 0 bridgehead atoms. The predicted molar refractivity (Wildman–Crippen MR) is 108 cm³/mol. The third kappa shape index (κ3) is 3.57. The molecule has 2 aromatic heterocycles. The van der Waals surface area contributed by atoms with Gasteiger partial charge in [0.25, 0.3) is 11.5 Å². The summed E-state index contributed by atoms with van der Waals surface area (Å²) >= 11 is 0. The number of nitrogens with zero attached hydrogens (tertiary/aromatic N) is 3. The number of rotatable bonds is 4. The van der Waals surface area contributed by atoms with E-state index in [9.17, 15) is 9.59 Å². The topological polar surface area (TPSA) is 82.5 Å². The van der Waals surface area contributed by atoms with Crippen LogP contribution >= 0.6 is 12.4 Å². The number of aromatic amines is 1. The first-order chi connectivity index (χ1) is 12.7. The zero-order valence-corrected chi connectivity index (χ0v) is 16.1. The Hall–Kier alpha value is -2.38. The molecule has 0 spiro atoms. The first kappa shape index (κ1) is 19.4. The van der Waals surface area contributed by atoms with Gasteiger partial charge in [0.05, 0.1) is 17.1 Å². The first-order valence-corrected chi connectivity index (χ1v) is 9.11. The quantitative estimate of drug-likeness (QED) is 0.715. The van der Waals surface area contributed by atoms with Gasteiger partial charge in [0, 0.05) is 13.1 Å². The summed E-state index contributed by atoms with van der Waals surface area (Å²) in [7, 11) is 1.97. The fourth-order valence-electron chi connectivity index (χ4n) is 3.78. The third-order valence-electron chi connectivity index (χ3n) is 5.31. The van der Waals surface area contributed by atoms with Crippen molar-refractivity contribution in [2.24, 2.45) is 5.92 Å². The van der Waals surface area contributed by atoms with Gasteiger partial charge in [-0.15, -0.1) is 12.4 Å². The van der Waals surface area contributed by atoms with E-state index in [2.05, 4.69) is 15.4 Å². The molecule has 0 saturated carbocycles. The highest BCUT2D eigenvalue weighted by atomic mass is 35.5. The minimum Gasteiger partial charge on any atom is -0.338 e. The van der Waals surface area contributed by atoms with Gasteiger partial charge in [0.1, 0.15) is 11.2 Å². The van der Waals surface area contributed by atoms with Crippen LogP contribution in [0.3, 0.4) is 0 Å². The molecule has 144 valence electrons. The lowest BCUT2D eigenvalue weighted by Gasteiger charge is -2.31. The zero-order valence-electron chi connectivity index (χ0n) is 15.3. The van der Waals surface area contributed by atoms with Crippen molar-refractivity contribution < 1.29 is 4.79 Å². The fourth-order valence-corrected chi connectivity index (χ4v) is 3.78. The molecule has 1 aromatic carbocycles. The Bertz CT molecular complexity index is 1000. The van der Waals surface area contributed by atoms with Crippen LogP contribution in [-0.4, -0.2) is 52.1 Å². The molecule has 0 atom stereocenters. The maximum Gasteiger partial charge on any atom is 0.259 e. The number of carbonyl (C=O) groups is 1. The Kier molecular flexibility index (Phi) is 5.82. The van der Waals surface area contributed by atoms with E-state index in [1.165, 1.54) is 0 Å². The Morgan fingerprint density at radius 2 is 2.04 bits per heavy atom. The van der Waals surface area contributed by atoms with E-state index in [1.807, 2.05) is 30.1 Å². The SMILES string of the molecule is CNCCC1CCN(C(=O)c2cnn3c2[nH]c(=O)c2ccccc23)CC1.Cl. The molecule has 4 rings (SSSR count). The van der Waals surface area contributed by atoms with E-state index in [0.717, 1.165) is 38.9 Å². The van der Waals surface area contributed by atoms with Crippen LogP contribution in [0.25, 0.3) is 16.6 Å². The van der Waals surface area contributed by atoms with Crippen molar-refractivity contribution >= 4 is 34.9 Å². The van der Waals surface area contributed by atoms with E-state index in [0.29, 0.717) is 28.0 Å². The van der Waals surface area contributed by atoms with Gasteiger partial charge < -0.3 is 15.2 Å². The van der Waals surface area contributed by atoms with Crippen molar-refractivity contribution in [3.8, 4) is 0 Å². The molecule has 3 aromatic rings. The molecule has 3 heterocycles. The molecule has 27 heavy (non-hydrogen) atoms. The van der Waals surface area contributed by atoms with Crippen LogP contribution in [-0.2, 0) is 0 Å².